The Labute approximate surface area is 328 Å². The number of anilines is 2. The summed E-state index contributed by atoms with van der Waals surface area (Å²) in [6.45, 7) is 11.5. The van der Waals surface area contributed by atoms with Gasteiger partial charge in [0.1, 0.15) is 28.7 Å². The van der Waals surface area contributed by atoms with Crippen molar-refractivity contribution in [2.75, 3.05) is 50.0 Å². The van der Waals surface area contributed by atoms with Crippen LogP contribution in [0.3, 0.4) is 0 Å². The zero-order valence-corrected chi connectivity index (χ0v) is 32.9. The van der Waals surface area contributed by atoms with Crippen LogP contribution in [0.1, 0.15) is 93.4 Å². The molecule has 2 fully saturated rings. The van der Waals surface area contributed by atoms with Crippen molar-refractivity contribution >= 4 is 34.2 Å². The second kappa shape index (κ2) is 16.2. The Balaban J connectivity index is 0.938. The van der Waals surface area contributed by atoms with Crippen molar-refractivity contribution in [1.82, 2.24) is 35.1 Å². The van der Waals surface area contributed by atoms with Gasteiger partial charge in [0.2, 0.25) is 23.6 Å². The molecule has 7 rings (SSSR count). The third kappa shape index (κ3) is 7.67. The number of thiophene rings is 1. The molecule has 0 bridgehead atoms. The third-order valence-electron chi connectivity index (χ3n) is 11.2. The van der Waals surface area contributed by atoms with Crippen molar-refractivity contribution in [3.63, 3.8) is 0 Å². The number of nitriles is 1. The molecule has 0 spiro atoms. The van der Waals surface area contributed by atoms with Crippen molar-refractivity contribution < 1.29 is 33.6 Å². The minimum Gasteiger partial charge on any atom is -0.480 e. The normalized spacial score (nSPS) is 23.5. The van der Waals surface area contributed by atoms with Crippen LogP contribution in [0.2, 0.25) is 0 Å². The molecule has 17 nitrogen and oxygen atoms in total. The van der Waals surface area contributed by atoms with Crippen LogP contribution in [0.25, 0.3) is 11.5 Å². The molecule has 4 aromatic rings. The number of β-amino-alcohol motifs (C(OH)–C–C–N with tert-alkyl or cyclic N) is 1. The number of hydrogen-bond donors (Lipinski definition) is 3. The second-order valence-electron chi connectivity index (χ2n) is 15.5. The fraction of sp³-hybridized carbons (Fsp3) is 0.579. The molecule has 2 aliphatic heterocycles. The summed E-state index contributed by atoms with van der Waals surface area (Å²) < 4.78 is 17.3. The molecule has 3 aliphatic rings. The minimum atomic E-state index is -1.14. The van der Waals surface area contributed by atoms with E-state index in [0.29, 0.717) is 46.3 Å². The number of carbonyl (C=O) groups is 2. The number of ether oxygens (including phenoxy) is 1. The van der Waals surface area contributed by atoms with E-state index >= 15 is 0 Å². The van der Waals surface area contributed by atoms with E-state index in [2.05, 4.69) is 38.1 Å². The Kier molecular flexibility index (Phi) is 11.3. The zero-order valence-electron chi connectivity index (χ0n) is 32.1. The van der Waals surface area contributed by atoms with Gasteiger partial charge in [-0.05, 0) is 69.6 Å². The fourth-order valence-electron chi connectivity index (χ4n) is 8.38. The number of aryl methyl sites for hydroxylation is 1. The van der Waals surface area contributed by atoms with Gasteiger partial charge in [0.15, 0.2) is 5.76 Å². The van der Waals surface area contributed by atoms with Gasteiger partial charge < -0.3 is 44.4 Å². The number of carboxylic acids is 1. The lowest BCUT2D eigenvalue weighted by molar-refractivity contribution is -0.149. The summed E-state index contributed by atoms with van der Waals surface area (Å²) in [6, 6.07) is 4.69. The predicted octanol–water partition coefficient (Wildman–Crippen LogP) is 3.83. The number of fused-ring (bicyclic) bond motifs is 1. The van der Waals surface area contributed by atoms with Gasteiger partial charge in [-0.1, -0.05) is 19.0 Å². The summed E-state index contributed by atoms with van der Waals surface area (Å²) in [4.78, 5) is 46.4. The largest absolute Gasteiger partial charge is 0.480 e. The Morgan fingerprint density at radius 2 is 2.02 bits per heavy atom. The molecule has 0 aromatic carbocycles. The number of carboxylic acid groups (broad SMARTS) is 1. The molecule has 298 valence electrons. The Morgan fingerprint density at radius 3 is 2.79 bits per heavy atom. The maximum Gasteiger partial charge on any atom is 0.326 e. The number of nitrogens with zero attached hydrogens (tertiary/aromatic N) is 9. The molecule has 56 heavy (non-hydrogen) atoms. The van der Waals surface area contributed by atoms with Crippen molar-refractivity contribution in [2.45, 2.75) is 95.7 Å². The number of rotatable bonds is 12. The number of aliphatic carboxylic acids is 1. The predicted molar refractivity (Wildman–Crippen MR) is 204 cm³/mol. The number of aliphatic hydroxyl groups is 1. The van der Waals surface area contributed by atoms with Crippen LogP contribution >= 0.6 is 11.3 Å². The van der Waals surface area contributed by atoms with Crippen LogP contribution in [0.15, 0.2) is 27.4 Å². The lowest BCUT2D eigenvalue weighted by Crippen LogP contribution is -2.44. The van der Waals surface area contributed by atoms with Crippen LogP contribution in [-0.4, -0.2) is 115 Å². The molecular weight excluding hydrogens is 741 g/mol. The summed E-state index contributed by atoms with van der Waals surface area (Å²) in [6.07, 6.45) is 5.02. The van der Waals surface area contributed by atoms with Gasteiger partial charge in [0, 0.05) is 61.3 Å². The van der Waals surface area contributed by atoms with E-state index in [0.717, 1.165) is 68.7 Å². The van der Waals surface area contributed by atoms with Crippen molar-refractivity contribution in [1.29, 1.82) is 5.26 Å². The smallest absolute Gasteiger partial charge is 0.326 e. The van der Waals surface area contributed by atoms with E-state index in [4.69, 9.17) is 29.5 Å². The summed E-state index contributed by atoms with van der Waals surface area (Å²) in [7, 11) is 0. The van der Waals surface area contributed by atoms with Gasteiger partial charge >= 0.3 is 5.97 Å². The van der Waals surface area contributed by atoms with Gasteiger partial charge in [-0.2, -0.15) is 10.2 Å². The first-order valence-electron chi connectivity index (χ1n) is 19.2. The van der Waals surface area contributed by atoms with Gasteiger partial charge in [-0.15, -0.1) is 11.3 Å². The van der Waals surface area contributed by atoms with Crippen molar-refractivity contribution in [2.24, 2.45) is 5.92 Å². The van der Waals surface area contributed by atoms with Crippen LogP contribution in [-0.2, 0) is 21.4 Å². The van der Waals surface area contributed by atoms with E-state index in [1.54, 1.807) is 18.3 Å². The zero-order chi connectivity index (χ0) is 39.7. The Bertz CT molecular complexity index is 2090. The molecule has 1 aliphatic carbocycles. The monoisotopic (exact) mass is 788 g/mol. The van der Waals surface area contributed by atoms with E-state index in [1.807, 2.05) is 20.8 Å². The molecule has 18 heteroatoms. The van der Waals surface area contributed by atoms with Crippen LogP contribution in [0, 0.1) is 17.2 Å². The summed E-state index contributed by atoms with van der Waals surface area (Å²) in [5, 5.41) is 38.4. The maximum absolute atomic E-state index is 13.4. The average Bonchev–Trinajstić information content (AvgIpc) is 3.96. The fourth-order valence-corrected chi connectivity index (χ4v) is 9.57. The van der Waals surface area contributed by atoms with Crippen molar-refractivity contribution in [3.05, 3.63) is 46.0 Å². The molecule has 6 heterocycles. The number of nitrogens with two attached hydrogens (primary N) is 1. The first kappa shape index (κ1) is 39.1. The molecule has 2 saturated heterocycles. The quantitative estimate of drug-likeness (QED) is 0.173. The summed E-state index contributed by atoms with van der Waals surface area (Å²) in [5.74, 6) is -0.563. The molecule has 1 unspecified atom stereocenters. The van der Waals surface area contributed by atoms with Crippen LogP contribution in [0.5, 0.6) is 5.88 Å². The number of aromatic nitrogens is 5. The van der Waals surface area contributed by atoms with Gasteiger partial charge in [-0.3, -0.25) is 4.79 Å². The number of aliphatic hydroxyl groups excluding tert-OH is 1. The molecule has 4 aromatic heterocycles. The minimum absolute atomic E-state index is 0.00544. The second-order valence-corrected chi connectivity index (χ2v) is 16.7. The van der Waals surface area contributed by atoms with Crippen LogP contribution < -0.4 is 15.4 Å². The van der Waals surface area contributed by atoms with E-state index in [9.17, 15) is 25.1 Å². The highest BCUT2D eigenvalue weighted by atomic mass is 32.1. The van der Waals surface area contributed by atoms with E-state index < -0.39 is 35.4 Å². The lowest BCUT2D eigenvalue weighted by Gasteiger charge is -2.30. The lowest BCUT2D eigenvalue weighted by atomic mass is 9.72. The first-order chi connectivity index (χ1) is 26.9. The Hall–Kier alpha value is -5.12. The molecular formula is C38H48N10O7S. The van der Waals surface area contributed by atoms with E-state index in [1.165, 1.54) is 16.2 Å². The first-order valence-corrected chi connectivity index (χ1v) is 20.0. The van der Waals surface area contributed by atoms with E-state index in [-0.39, 0.29) is 30.8 Å². The molecule has 0 radical (unpaired) electrons. The summed E-state index contributed by atoms with van der Waals surface area (Å²) in [5.41, 5.74) is 7.55. The van der Waals surface area contributed by atoms with Gasteiger partial charge in [0.25, 0.3) is 5.88 Å². The molecule has 1 amide bonds. The molecule has 5 atom stereocenters. The number of hydrogen-bond acceptors (Lipinski definition) is 16. The third-order valence-corrected chi connectivity index (χ3v) is 12.2. The Morgan fingerprint density at radius 1 is 1.20 bits per heavy atom. The number of likely N-dealkylation sites (tertiary alicyclic amines) is 1. The van der Waals surface area contributed by atoms with Gasteiger partial charge in [-0.25, -0.2) is 14.8 Å². The summed E-state index contributed by atoms with van der Waals surface area (Å²) >= 11 is 1.47. The maximum atomic E-state index is 13.4. The highest BCUT2D eigenvalue weighted by Crippen LogP contribution is 2.48. The highest BCUT2D eigenvalue weighted by Gasteiger charge is 2.44. The SMILES string of the molecule is CC(C)C(C(=O)N1C[C@H](O)C[C@H]1C(=O)O)c1cc(OCCCN2CCCN(c3nccc(-c4noc([C@@]5(C)CCCc6sc(N)c(C#N)c65)n4)n3)[C@@H](C)C2)no1. The number of carbonyl (C=O) groups excluding carboxylic acids is 1. The standard InChI is InChI=1S/C38H48N10O7S/c1-21(2)30(34(50)48-20-23(49)16-26(48)35(51)52)27-17-29(44-54-27)53-15-7-13-46-12-6-14-47(22(3)19-46)37-41-11-9-25(42-37)33-43-36(55-45-33)38(4)10-5-8-28-31(38)24(18-39)32(40)56-28/h9,11,17,21-23,26,30,49H,5-8,10,12-16,19-20,40H2,1-4H3,(H,51,52)/t22-,23+,26-,30?,38-/m0/s1. The molecule has 4 N–H and O–H groups in total. The van der Waals surface area contributed by atoms with Crippen LogP contribution in [0.4, 0.5) is 10.9 Å². The van der Waals surface area contributed by atoms with Gasteiger partial charge in [0.05, 0.1) is 23.7 Å². The highest BCUT2D eigenvalue weighted by molar-refractivity contribution is 7.16. The van der Waals surface area contributed by atoms with Crippen molar-refractivity contribution in [3.8, 4) is 23.5 Å². The molecule has 0 saturated carbocycles. The average molecular weight is 789 g/mol. The number of amides is 1. The number of nitrogen functional groups attached to an aromatic ring is 1. The topological polar surface area (TPSA) is 234 Å².